The summed E-state index contributed by atoms with van der Waals surface area (Å²) in [5, 5.41) is 0. The van der Waals surface area contributed by atoms with E-state index in [2.05, 4.69) is 18.8 Å². The summed E-state index contributed by atoms with van der Waals surface area (Å²) < 4.78 is 56.3. The molecule has 0 aliphatic rings. The molecule has 0 fully saturated rings. The average Bonchev–Trinajstić information content (AvgIpc) is 3.03. The minimum Gasteiger partial charge on any atom is -0.333 e. The Morgan fingerprint density at radius 1 is 1.10 bits per heavy atom. The maximum absolute atomic E-state index is 14.0. The maximum Gasteiger partial charge on any atom is 0.285 e. The molecule has 0 atom stereocenters. The van der Waals surface area contributed by atoms with Gasteiger partial charge in [-0.15, -0.1) is 0 Å². The Hall–Kier alpha value is -3.07. The van der Waals surface area contributed by atoms with Gasteiger partial charge in [0.25, 0.3) is 15.9 Å². The van der Waals surface area contributed by atoms with Gasteiger partial charge in [-0.2, -0.15) is 0 Å². The molecule has 9 heteroatoms. The normalized spacial score (nSPS) is 11.7. The van der Waals surface area contributed by atoms with E-state index in [0.29, 0.717) is 5.92 Å². The van der Waals surface area contributed by atoms with Gasteiger partial charge in [-0.3, -0.25) is 4.79 Å². The van der Waals surface area contributed by atoms with E-state index in [1.54, 1.807) is 12.1 Å². The molecular weight excluding hydrogens is 412 g/mol. The number of carbonyl (C=O) groups excluding carboxylic acids is 1. The van der Waals surface area contributed by atoms with E-state index in [9.17, 15) is 22.0 Å². The van der Waals surface area contributed by atoms with Crippen molar-refractivity contribution in [3.63, 3.8) is 0 Å². The van der Waals surface area contributed by atoms with Crippen molar-refractivity contribution in [2.45, 2.75) is 25.2 Å². The summed E-state index contributed by atoms with van der Waals surface area (Å²) in [6.07, 6.45) is 2.01. The van der Waals surface area contributed by atoms with Crippen LogP contribution in [0.3, 0.4) is 0 Å². The lowest BCUT2D eigenvalue weighted by Crippen LogP contribution is -2.30. The average molecular weight is 433 g/mol. The van der Waals surface area contributed by atoms with Crippen LogP contribution < -0.4 is 4.72 Å². The van der Waals surface area contributed by atoms with Gasteiger partial charge in [-0.05, 0) is 42.2 Å². The summed E-state index contributed by atoms with van der Waals surface area (Å²) in [4.78, 5) is 16.3. The van der Waals surface area contributed by atoms with Crippen molar-refractivity contribution in [3.05, 3.63) is 71.6 Å². The molecule has 158 valence electrons. The number of sulfonamides is 1. The third-order valence-corrected chi connectivity index (χ3v) is 5.75. The van der Waals surface area contributed by atoms with Crippen LogP contribution in [0.2, 0.25) is 0 Å². The molecule has 3 rings (SSSR count). The molecule has 0 radical (unpaired) electrons. The second-order valence-corrected chi connectivity index (χ2v) is 9.02. The SMILES string of the molecule is CC(C)Cc1ccc(S(=O)(=O)NC(=O)c2cn(C)c(-c3c(F)cccc3F)n2)cc1. The molecule has 1 N–H and O–H groups in total. The lowest BCUT2D eigenvalue weighted by Gasteiger charge is -2.08. The quantitative estimate of drug-likeness (QED) is 0.643. The zero-order chi connectivity index (χ0) is 22.1. The Balaban J connectivity index is 1.84. The van der Waals surface area contributed by atoms with E-state index in [1.165, 1.54) is 36.0 Å². The molecule has 6 nitrogen and oxygen atoms in total. The number of amides is 1. The predicted octanol–water partition coefficient (Wildman–Crippen LogP) is 3.68. The van der Waals surface area contributed by atoms with Crippen molar-refractivity contribution in [1.82, 2.24) is 14.3 Å². The molecule has 0 aliphatic heterocycles. The molecule has 2 aromatic carbocycles. The molecule has 1 aromatic heterocycles. The first-order valence-corrected chi connectivity index (χ1v) is 10.7. The van der Waals surface area contributed by atoms with Crippen molar-refractivity contribution in [3.8, 4) is 11.4 Å². The van der Waals surface area contributed by atoms with Crippen LogP contribution in [0.1, 0.15) is 29.9 Å². The van der Waals surface area contributed by atoms with Crippen LogP contribution in [0.25, 0.3) is 11.4 Å². The predicted molar refractivity (Wildman–Crippen MR) is 108 cm³/mol. The first kappa shape index (κ1) is 21.6. The van der Waals surface area contributed by atoms with E-state index < -0.39 is 33.1 Å². The highest BCUT2D eigenvalue weighted by Crippen LogP contribution is 2.25. The van der Waals surface area contributed by atoms with Crippen LogP contribution in [0.5, 0.6) is 0 Å². The van der Waals surface area contributed by atoms with Crippen LogP contribution in [-0.4, -0.2) is 23.9 Å². The molecular formula is C21H21F2N3O3S. The Kier molecular flexibility index (Phi) is 6.02. The number of rotatable bonds is 6. The minimum atomic E-state index is -4.13. The molecule has 30 heavy (non-hydrogen) atoms. The molecule has 0 saturated heterocycles. The second-order valence-electron chi connectivity index (χ2n) is 7.33. The number of carbonyl (C=O) groups is 1. The number of aryl methyl sites for hydroxylation is 1. The molecule has 0 aliphatic carbocycles. The van der Waals surface area contributed by atoms with Gasteiger partial charge in [0.1, 0.15) is 23.2 Å². The van der Waals surface area contributed by atoms with E-state index in [1.807, 2.05) is 4.72 Å². The highest BCUT2D eigenvalue weighted by Gasteiger charge is 2.23. The summed E-state index contributed by atoms with van der Waals surface area (Å²) in [5.41, 5.74) is 0.300. The number of aromatic nitrogens is 2. The first-order chi connectivity index (χ1) is 14.1. The summed E-state index contributed by atoms with van der Waals surface area (Å²) >= 11 is 0. The van der Waals surface area contributed by atoms with Crippen molar-refractivity contribution in [2.24, 2.45) is 13.0 Å². The van der Waals surface area contributed by atoms with E-state index in [4.69, 9.17) is 0 Å². The smallest absolute Gasteiger partial charge is 0.285 e. The van der Waals surface area contributed by atoms with Crippen molar-refractivity contribution in [2.75, 3.05) is 0 Å². The van der Waals surface area contributed by atoms with Gasteiger partial charge in [0.2, 0.25) is 0 Å². The van der Waals surface area contributed by atoms with Crippen LogP contribution in [0, 0.1) is 17.6 Å². The summed E-state index contributed by atoms with van der Waals surface area (Å²) in [7, 11) is -2.68. The van der Waals surface area contributed by atoms with E-state index in [0.717, 1.165) is 24.1 Å². The second kappa shape index (κ2) is 8.35. The molecule has 1 heterocycles. The number of nitrogens with one attached hydrogen (secondary N) is 1. The van der Waals surface area contributed by atoms with Crippen molar-refractivity contribution >= 4 is 15.9 Å². The molecule has 0 spiro atoms. The van der Waals surface area contributed by atoms with E-state index in [-0.39, 0.29) is 16.4 Å². The van der Waals surface area contributed by atoms with Gasteiger partial charge in [0, 0.05) is 13.2 Å². The first-order valence-electron chi connectivity index (χ1n) is 9.22. The van der Waals surface area contributed by atoms with Gasteiger partial charge in [0.15, 0.2) is 0 Å². The molecule has 3 aromatic rings. The fourth-order valence-corrected chi connectivity index (χ4v) is 3.99. The summed E-state index contributed by atoms with van der Waals surface area (Å²) in [6.45, 7) is 4.11. The standard InChI is InChI=1S/C21H21F2N3O3S/c1-13(2)11-14-7-9-15(10-8-14)30(28,29)25-21(27)18-12-26(3)20(24-18)19-16(22)5-4-6-17(19)23/h4-10,12-13H,11H2,1-3H3,(H,25,27). The Morgan fingerprint density at radius 2 is 1.70 bits per heavy atom. The Bertz CT molecular complexity index is 1170. The molecule has 0 bridgehead atoms. The maximum atomic E-state index is 14.0. The van der Waals surface area contributed by atoms with Crippen LogP contribution >= 0.6 is 0 Å². The highest BCUT2D eigenvalue weighted by molar-refractivity contribution is 7.90. The van der Waals surface area contributed by atoms with Crippen LogP contribution in [0.15, 0.2) is 53.6 Å². The number of imidazole rings is 1. The number of hydrogen-bond donors (Lipinski definition) is 1. The van der Waals surface area contributed by atoms with Crippen molar-refractivity contribution < 1.29 is 22.0 Å². The molecule has 1 amide bonds. The fourth-order valence-electron chi connectivity index (χ4n) is 3.03. The number of benzene rings is 2. The zero-order valence-corrected chi connectivity index (χ0v) is 17.5. The minimum absolute atomic E-state index is 0.0698. The van der Waals surface area contributed by atoms with Crippen LogP contribution in [0.4, 0.5) is 8.78 Å². The van der Waals surface area contributed by atoms with Crippen molar-refractivity contribution in [1.29, 1.82) is 0 Å². The van der Waals surface area contributed by atoms with Crippen LogP contribution in [-0.2, 0) is 23.5 Å². The molecule has 0 saturated carbocycles. The number of hydrogen-bond acceptors (Lipinski definition) is 4. The topological polar surface area (TPSA) is 81.1 Å². The highest BCUT2D eigenvalue weighted by atomic mass is 32.2. The van der Waals surface area contributed by atoms with Gasteiger partial charge in [-0.25, -0.2) is 26.9 Å². The van der Waals surface area contributed by atoms with Gasteiger partial charge in [0.05, 0.1) is 10.5 Å². The monoisotopic (exact) mass is 433 g/mol. The zero-order valence-electron chi connectivity index (χ0n) is 16.7. The van der Waals surface area contributed by atoms with E-state index >= 15 is 0 Å². The fraction of sp³-hybridized carbons (Fsp3) is 0.238. The lowest BCUT2D eigenvalue weighted by atomic mass is 10.0. The molecule has 0 unspecified atom stereocenters. The third kappa shape index (κ3) is 4.56. The largest absolute Gasteiger partial charge is 0.333 e. The number of nitrogens with zero attached hydrogens (tertiary/aromatic N) is 2. The van der Waals surface area contributed by atoms with Gasteiger partial charge in [-0.1, -0.05) is 32.0 Å². The number of halogens is 2. The third-order valence-electron chi connectivity index (χ3n) is 4.40. The summed E-state index contributed by atoms with van der Waals surface area (Å²) in [5.74, 6) is -2.40. The Morgan fingerprint density at radius 3 is 2.27 bits per heavy atom. The van der Waals surface area contributed by atoms with Gasteiger partial charge < -0.3 is 4.57 Å². The lowest BCUT2D eigenvalue weighted by molar-refractivity contribution is 0.0977. The Labute approximate surface area is 173 Å². The summed E-state index contributed by atoms with van der Waals surface area (Å²) in [6, 6.07) is 9.58. The van der Waals surface area contributed by atoms with Gasteiger partial charge >= 0.3 is 0 Å².